The average molecular weight is 322 g/mol. The average Bonchev–Trinajstić information content (AvgIpc) is 3.34. The third-order valence-electron chi connectivity index (χ3n) is 5.56. The van der Waals surface area contributed by atoms with Gasteiger partial charge < -0.3 is 9.73 Å². The minimum atomic E-state index is 0.442. The van der Waals surface area contributed by atoms with Crippen LogP contribution in [0.3, 0.4) is 0 Å². The highest BCUT2D eigenvalue weighted by atomic mass is 16.3. The zero-order valence-electron chi connectivity index (χ0n) is 13.7. The normalized spacial score (nSPS) is 22.8. The van der Waals surface area contributed by atoms with E-state index in [1.165, 1.54) is 38.6 Å². The molecule has 1 atom stereocenters. The van der Waals surface area contributed by atoms with Gasteiger partial charge in [-0.05, 0) is 31.4 Å². The molecule has 1 aliphatic carbocycles. The minimum absolute atomic E-state index is 0.442. The first kappa shape index (κ1) is 14.2. The van der Waals surface area contributed by atoms with Gasteiger partial charge in [0.05, 0.1) is 0 Å². The quantitative estimate of drug-likeness (QED) is 0.795. The Balaban J connectivity index is 1.41. The molecule has 2 fully saturated rings. The molecule has 0 amide bonds. The number of nitrogens with zero attached hydrogens (tertiary/aromatic N) is 3. The predicted molar refractivity (Wildman–Crippen MR) is 95.2 cm³/mol. The Morgan fingerprint density at radius 3 is 2.88 bits per heavy atom. The van der Waals surface area contributed by atoms with Crippen LogP contribution in [0.4, 0.5) is 5.82 Å². The lowest BCUT2D eigenvalue weighted by molar-refractivity contribution is 0.245. The number of fused-ring (bicyclic) bond motifs is 3. The van der Waals surface area contributed by atoms with Crippen molar-refractivity contribution in [2.75, 3.05) is 18.4 Å². The van der Waals surface area contributed by atoms with Crippen molar-refractivity contribution in [3.05, 3.63) is 30.6 Å². The lowest BCUT2D eigenvalue weighted by Crippen LogP contribution is -2.33. The van der Waals surface area contributed by atoms with Gasteiger partial charge in [0.2, 0.25) is 0 Å². The summed E-state index contributed by atoms with van der Waals surface area (Å²) >= 11 is 0. The molecule has 5 nitrogen and oxygen atoms in total. The van der Waals surface area contributed by atoms with Crippen molar-refractivity contribution >= 4 is 27.9 Å². The molecule has 24 heavy (non-hydrogen) atoms. The van der Waals surface area contributed by atoms with E-state index in [-0.39, 0.29) is 0 Å². The van der Waals surface area contributed by atoms with Crippen LogP contribution in [0.5, 0.6) is 0 Å². The van der Waals surface area contributed by atoms with Gasteiger partial charge >= 0.3 is 0 Å². The predicted octanol–water partition coefficient (Wildman–Crippen LogP) is 3.80. The Labute approximate surface area is 141 Å². The Kier molecular flexibility index (Phi) is 3.40. The van der Waals surface area contributed by atoms with Crippen LogP contribution in [-0.2, 0) is 0 Å². The molecule has 1 N–H and O–H groups in total. The first-order valence-corrected chi connectivity index (χ1v) is 9.01. The standard InChI is InChI=1S/C19H22N4O/c1-2-6-14(5-1)23-10-9-13(11-23)22-19-18-17(20-12-21-19)15-7-3-4-8-16(15)24-18/h3-4,7-8,12-14H,1-2,5-6,9-11H2,(H,20,21,22). The third-order valence-corrected chi connectivity index (χ3v) is 5.56. The van der Waals surface area contributed by atoms with E-state index < -0.39 is 0 Å². The summed E-state index contributed by atoms with van der Waals surface area (Å²) in [7, 11) is 0. The lowest BCUT2D eigenvalue weighted by Gasteiger charge is -2.23. The summed E-state index contributed by atoms with van der Waals surface area (Å²) in [6, 6.07) is 9.28. The molecule has 0 radical (unpaired) electrons. The second-order valence-electron chi connectivity index (χ2n) is 7.06. The third kappa shape index (κ3) is 2.35. The molecule has 1 saturated carbocycles. The van der Waals surface area contributed by atoms with Crippen molar-refractivity contribution in [1.29, 1.82) is 0 Å². The molecular weight excluding hydrogens is 300 g/mol. The summed E-state index contributed by atoms with van der Waals surface area (Å²) in [5, 5.41) is 4.66. The van der Waals surface area contributed by atoms with E-state index in [1.807, 2.05) is 18.2 Å². The van der Waals surface area contributed by atoms with Crippen molar-refractivity contribution in [3.63, 3.8) is 0 Å². The number of rotatable bonds is 3. The van der Waals surface area contributed by atoms with Crippen LogP contribution >= 0.6 is 0 Å². The molecule has 1 unspecified atom stereocenters. The van der Waals surface area contributed by atoms with Crippen LogP contribution < -0.4 is 5.32 Å². The maximum Gasteiger partial charge on any atom is 0.196 e. The smallest absolute Gasteiger partial charge is 0.196 e. The maximum absolute atomic E-state index is 6.02. The monoisotopic (exact) mass is 322 g/mol. The minimum Gasteiger partial charge on any atom is -0.450 e. The lowest BCUT2D eigenvalue weighted by atomic mass is 10.2. The van der Waals surface area contributed by atoms with Crippen LogP contribution in [0.2, 0.25) is 0 Å². The summed E-state index contributed by atoms with van der Waals surface area (Å²) in [6.45, 7) is 2.30. The molecule has 2 aromatic heterocycles. The summed E-state index contributed by atoms with van der Waals surface area (Å²) in [6.07, 6.45) is 8.33. The number of aromatic nitrogens is 2. The highest BCUT2D eigenvalue weighted by Crippen LogP contribution is 2.32. The highest BCUT2D eigenvalue weighted by molar-refractivity contribution is 6.05. The summed E-state index contributed by atoms with van der Waals surface area (Å²) in [5.74, 6) is 0.828. The van der Waals surface area contributed by atoms with Gasteiger partial charge in [-0.2, -0.15) is 0 Å². The Hall–Kier alpha value is -2.14. The fourth-order valence-electron chi connectivity index (χ4n) is 4.33. The van der Waals surface area contributed by atoms with Crippen molar-refractivity contribution < 1.29 is 4.42 Å². The number of likely N-dealkylation sites (tertiary alicyclic amines) is 1. The molecule has 3 aromatic rings. The van der Waals surface area contributed by atoms with Crippen LogP contribution in [0, 0.1) is 0 Å². The number of benzene rings is 1. The molecule has 3 heterocycles. The first-order valence-electron chi connectivity index (χ1n) is 9.01. The fraction of sp³-hybridized carbons (Fsp3) is 0.474. The van der Waals surface area contributed by atoms with E-state index in [4.69, 9.17) is 4.42 Å². The van der Waals surface area contributed by atoms with Gasteiger partial charge in [0.25, 0.3) is 0 Å². The van der Waals surface area contributed by atoms with Crippen molar-refractivity contribution in [2.45, 2.75) is 44.2 Å². The molecule has 5 heteroatoms. The summed E-state index contributed by atoms with van der Waals surface area (Å²) in [5.41, 5.74) is 2.54. The topological polar surface area (TPSA) is 54.2 Å². The second-order valence-corrected chi connectivity index (χ2v) is 7.06. The summed E-state index contributed by atoms with van der Waals surface area (Å²) < 4.78 is 6.02. The molecule has 1 aliphatic heterocycles. The molecule has 5 rings (SSSR count). The molecular formula is C19H22N4O. The Morgan fingerprint density at radius 1 is 1.08 bits per heavy atom. The molecule has 1 saturated heterocycles. The van der Waals surface area contributed by atoms with Gasteiger partial charge in [0.15, 0.2) is 11.4 Å². The molecule has 0 spiro atoms. The van der Waals surface area contributed by atoms with E-state index in [2.05, 4.69) is 26.3 Å². The van der Waals surface area contributed by atoms with Crippen molar-refractivity contribution in [2.24, 2.45) is 0 Å². The Morgan fingerprint density at radius 2 is 1.96 bits per heavy atom. The van der Waals surface area contributed by atoms with Crippen LogP contribution in [0.15, 0.2) is 35.0 Å². The molecule has 124 valence electrons. The highest BCUT2D eigenvalue weighted by Gasteiger charge is 2.30. The number of furan rings is 1. The van der Waals surface area contributed by atoms with Crippen molar-refractivity contribution in [1.82, 2.24) is 14.9 Å². The van der Waals surface area contributed by atoms with Crippen LogP contribution in [0.25, 0.3) is 22.1 Å². The molecule has 1 aromatic carbocycles. The number of nitrogens with one attached hydrogen (secondary N) is 1. The molecule has 2 aliphatic rings. The van der Waals surface area contributed by atoms with Gasteiger partial charge in [0.1, 0.15) is 17.4 Å². The van der Waals surface area contributed by atoms with Crippen LogP contribution in [-0.4, -0.2) is 40.0 Å². The van der Waals surface area contributed by atoms with Crippen LogP contribution in [0.1, 0.15) is 32.1 Å². The first-order chi connectivity index (χ1) is 11.9. The second kappa shape index (κ2) is 5.74. The van der Waals surface area contributed by atoms with E-state index in [1.54, 1.807) is 6.33 Å². The van der Waals surface area contributed by atoms with Gasteiger partial charge in [-0.1, -0.05) is 25.0 Å². The van der Waals surface area contributed by atoms with Crippen molar-refractivity contribution in [3.8, 4) is 0 Å². The molecule has 0 bridgehead atoms. The van der Waals surface area contributed by atoms with Gasteiger partial charge in [-0.15, -0.1) is 0 Å². The zero-order chi connectivity index (χ0) is 15.9. The fourth-order valence-corrected chi connectivity index (χ4v) is 4.33. The zero-order valence-corrected chi connectivity index (χ0v) is 13.7. The van der Waals surface area contributed by atoms with Gasteiger partial charge in [0, 0.05) is 30.6 Å². The largest absolute Gasteiger partial charge is 0.450 e. The SMILES string of the molecule is c1ccc2c(c1)oc1c(NC3CCN(C4CCCC4)C3)ncnc12. The maximum atomic E-state index is 6.02. The number of anilines is 1. The van der Waals surface area contributed by atoms with Gasteiger partial charge in [-0.25, -0.2) is 9.97 Å². The number of para-hydroxylation sites is 1. The van der Waals surface area contributed by atoms with E-state index in [0.29, 0.717) is 6.04 Å². The number of hydrogen-bond donors (Lipinski definition) is 1. The van der Waals surface area contributed by atoms with E-state index in [9.17, 15) is 0 Å². The van der Waals surface area contributed by atoms with Gasteiger partial charge in [-0.3, -0.25) is 4.90 Å². The number of hydrogen-bond acceptors (Lipinski definition) is 5. The summed E-state index contributed by atoms with van der Waals surface area (Å²) in [4.78, 5) is 11.5. The Bertz CT molecular complexity index is 868. The van der Waals surface area contributed by atoms with E-state index in [0.717, 1.165) is 40.5 Å². The van der Waals surface area contributed by atoms with E-state index >= 15 is 0 Å².